The molecule has 0 saturated heterocycles. The van der Waals surface area contributed by atoms with Crippen molar-refractivity contribution in [3.8, 4) is 0 Å². The normalized spacial score (nSPS) is 16.7. The molecule has 1 aliphatic carbocycles. The summed E-state index contributed by atoms with van der Waals surface area (Å²) in [6, 6.07) is 0. The number of rotatable bonds is 7. The van der Waals surface area contributed by atoms with E-state index in [1.807, 2.05) is 6.92 Å². The van der Waals surface area contributed by atoms with E-state index in [0.29, 0.717) is 38.1 Å². The van der Waals surface area contributed by atoms with Gasteiger partial charge in [-0.2, -0.15) is 0 Å². The summed E-state index contributed by atoms with van der Waals surface area (Å²) in [6.45, 7) is 5.91. The molecule has 1 aromatic rings. The van der Waals surface area contributed by atoms with Gasteiger partial charge in [-0.25, -0.2) is 22.9 Å². The maximum atomic E-state index is 12.0. The average Bonchev–Trinajstić information content (AvgIpc) is 3.05. The first-order chi connectivity index (χ1) is 9.79. The van der Waals surface area contributed by atoms with Gasteiger partial charge in [-0.3, -0.25) is 0 Å². The maximum absolute atomic E-state index is 12.0. The third-order valence-electron chi connectivity index (χ3n) is 3.54. The van der Waals surface area contributed by atoms with Gasteiger partial charge in [0, 0.05) is 17.8 Å². The Morgan fingerprint density at radius 2 is 2.14 bits per heavy atom. The third-order valence-corrected chi connectivity index (χ3v) is 6.86. The summed E-state index contributed by atoms with van der Waals surface area (Å²) in [7, 11) is -3.25. The van der Waals surface area contributed by atoms with Crippen LogP contribution in [0.5, 0.6) is 0 Å². The van der Waals surface area contributed by atoms with E-state index >= 15 is 0 Å². The summed E-state index contributed by atoms with van der Waals surface area (Å²) in [5.74, 6) is -0.427. The van der Waals surface area contributed by atoms with Gasteiger partial charge in [0.2, 0.25) is 10.0 Å². The van der Waals surface area contributed by atoms with E-state index in [4.69, 9.17) is 4.74 Å². The van der Waals surface area contributed by atoms with E-state index in [-0.39, 0.29) is 0 Å². The molecule has 1 aromatic heterocycles. The van der Waals surface area contributed by atoms with Gasteiger partial charge < -0.3 is 4.74 Å². The van der Waals surface area contributed by atoms with Crippen molar-refractivity contribution in [1.82, 2.24) is 9.71 Å². The molecule has 2 rings (SSSR count). The predicted molar refractivity (Wildman–Crippen MR) is 81.1 cm³/mol. The first-order valence-corrected chi connectivity index (χ1v) is 9.21. The van der Waals surface area contributed by atoms with Crippen LogP contribution in [0, 0.1) is 6.92 Å². The summed E-state index contributed by atoms with van der Waals surface area (Å²) < 4.78 is 30.9. The molecule has 1 N–H and O–H groups in total. The lowest BCUT2D eigenvalue weighted by atomic mass is 10.4. The SMILES string of the molecule is CCOC(=O)c1nc(CCNS(=O)(=O)C2(C)CC2)sc1C. The molecule has 0 bridgehead atoms. The second-order valence-electron chi connectivity index (χ2n) is 5.33. The molecule has 0 aliphatic heterocycles. The van der Waals surface area contributed by atoms with Crippen molar-refractivity contribution in [3.05, 3.63) is 15.6 Å². The molecule has 1 heterocycles. The van der Waals surface area contributed by atoms with Crippen molar-refractivity contribution in [1.29, 1.82) is 0 Å². The molecule has 21 heavy (non-hydrogen) atoms. The van der Waals surface area contributed by atoms with Gasteiger partial charge in [0.15, 0.2) is 5.69 Å². The molecule has 0 amide bonds. The van der Waals surface area contributed by atoms with Crippen LogP contribution in [0.25, 0.3) is 0 Å². The zero-order valence-corrected chi connectivity index (χ0v) is 14.1. The fraction of sp³-hybridized carbons (Fsp3) is 0.692. The summed E-state index contributed by atoms with van der Waals surface area (Å²) in [4.78, 5) is 16.7. The van der Waals surface area contributed by atoms with Crippen LogP contribution < -0.4 is 4.72 Å². The van der Waals surface area contributed by atoms with E-state index in [1.165, 1.54) is 11.3 Å². The number of esters is 1. The Morgan fingerprint density at radius 3 is 2.71 bits per heavy atom. The van der Waals surface area contributed by atoms with Gasteiger partial charge in [-0.15, -0.1) is 11.3 Å². The zero-order valence-electron chi connectivity index (χ0n) is 12.4. The Labute approximate surface area is 129 Å². The van der Waals surface area contributed by atoms with Crippen molar-refractivity contribution >= 4 is 27.3 Å². The second-order valence-corrected chi connectivity index (χ2v) is 8.90. The monoisotopic (exact) mass is 332 g/mol. The van der Waals surface area contributed by atoms with Gasteiger partial charge in [-0.05, 0) is 33.6 Å². The summed E-state index contributed by atoms with van der Waals surface area (Å²) in [6.07, 6.45) is 1.90. The van der Waals surface area contributed by atoms with E-state index in [0.717, 1.165) is 9.88 Å². The zero-order chi connectivity index (χ0) is 15.7. The number of ether oxygens (including phenoxy) is 1. The number of carbonyl (C=O) groups excluding carboxylic acids is 1. The van der Waals surface area contributed by atoms with Crippen molar-refractivity contribution in [2.24, 2.45) is 0 Å². The summed E-state index contributed by atoms with van der Waals surface area (Å²) in [5.41, 5.74) is 0.328. The van der Waals surface area contributed by atoms with Crippen molar-refractivity contribution in [2.45, 2.75) is 44.8 Å². The predicted octanol–water partition coefficient (Wildman–Crippen LogP) is 1.64. The van der Waals surface area contributed by atoms with Gasteiger partial charge in [0.05, 0.1) is 16.4 Å². The standard InChI is InChI=1S/C13H20N2O4S2/c1-4-19-12(16)11-9(2)20-10(15-11)5-8-14-21(17,18)13(3)6-7-13/h14H,4-8H2,1-3H3. The minimum Gasteiger partial charge on any atom is -0.461 e. The summed E-state index contributed by atoms with van der Waals surface area (Å²) in [5, 5.41) is 0.735. The Kier molecular flexibility index (Phi) is 4.69. The highest BCUT2D eigenvalue weighted by Gasteiger charge is 2.49. The van der Waals surface area contributed by atoms with Crippen molar-refractivity contribution < 1.29 is 17.9 Å². The molecule has 1 fully saturated rings. The number of nitrogens with one attached hydrogen (secondary N) is 1. The molecular weight excluding hydrogens is 312 g/mol. The number of aromatic nitrogens is 1. The first kappa shape index (κ1) is 16.4. The summed E-state index contributed by atoms with van der Waals surface area (Å²) >= 11 is 1.40. The Bertz CT molecular complexity index is 633. The number of aryl methyl sites for hydroxylation is 1. The Balaban J connectivity index is 1.92. The fourth-order valence-corrected chi connectivity index (χ4v) is 4.14. The van der Waals surface area contributed by atoms with Crippen LogP contribution in [0.15, 0.2) is 0 Å². The first-order valence-electron chi connectivity index (χ1n) is 6.92. The quantitative estimate of drug-likeness (QED) is 0.767. The molecule has 1 aliphatic rings. The number of carbonyl (C=O) groups is 1. The minimum atomic E-state index is -3.25. The molecule has 0 spiro atoms. The van der Waals surface area contributed by atoms with E-state index < -0.39 is 20.7 Å². The van der Waals surface area contributed by atoms with Crippen LogP contribution >= 0.6 is 11.3 Å². The molecule has 0 unspecified atom stereocenters. The molecule has 6 nitrogen and oxygen atoms in total. The van der Waals surface area contributed by atoms with Crippen LogP contribution in [0.4, 0.5) is 0 Å². The average molecular weight is 332 g/mol. The van der Waals surface area contributed by atoms with Gasteiger partial charge >= 0.3 is 5.97 Å². The van der Waals surface area contributed by atoms with Crippen molar-refractivity contribution in [3.63, 3.8) is 0 Å². The number of sulfonamides is 1. The number of thiazole rings is 1. The second kappa shape index (κ2) is 6.02. The largest absolute Gasteiger partial charge is 0.461 e. The molecule has 0 radical (unpaired) electrons. The maximum Gasteiger partial charge on any atom is 0.358 e. The molecule has 118 valence electrons. The lowest BCUT2D eigenvalue weighted by molar-refractivity contribution is 0.0519. The highest BCUT2D eigenvalue weighted by atomic mass is 32.2. The van der Waals surface area contributed by atoms with Crippen molar-refractivity contribution in [2.75, 3.05) is 13.2 Å². The highest BCUT2D eigenvalue weighted by molar-refractivity contribution is 7.91. The number of hydrogen-bond acceptors (Lipinski definition) is 6. The number of hydrogen-bond donors (Lipinski definition) is 1. The molecule has 8 heteroatoms. The van der Waals surface area contributed by atoms with Gasteiger partial charge in [0.25, 0.3) is 0 Å². The van der Waals surface area contributed by atoms with Crippen LogP contribution in [-0.4, -0.2) is 37.3 Å². The van der Waals surface area contributed by atoms with Gasteiger partial charge in [-0.1, -0.05) is 0 Å². The lowest BCUT2D eigenvalue weighted by Crippen LogP contribution is -2.35. The molecule has 0 aromatic carbocycles. The highest BCUT2D eigenvalue weighted by Crippen LogP contribution is 2.42. The van der Waals surface area contributed by atoms with Crippen LogP contribution in [0.2, 0.25) is 0 Å². The smallest absolute Gasteiger partial charge is 0.358 e. The Morgan fingerprint density at radius 1 is 1.48 bits per heavy atom. The lowest BCUT2D eigenvalue weighted by Gasteiger charge is -2.10. The fourth-order valence-electron chi connectivity index (χ4n) is 1.86. The molecule has 0 atom stereocenters. The topological polar surface area (TPSA) is 85.4 Å². The third kappa shape index (κ3) is 3.61. The van der Waals surface area contributed by atoms with Crippen LogP contribution in [-0.2, 0) is 21.2 Å². The molecule has 1 saturated carbocycles. The number of nitrogens with zero attached hydrogens (tertiary/aromatic N) is 1. The Hall–Kier alpha value is -0.990. The van der Waals surface area contributed by atoms with E-state index in [9.17, 15) is 13.2 Å². The van der Waals surface area contributed by atoms with E-state index in [2.05, 4.69) is 9.71 Å². The van der Waals surface area contributed by atoms with Crippen LogP contribution in [0.1, 0.15) is 47.1 Å². The minimum absolute atomic E-state index is 0.299. The molecular formula is C13H20N2O4S2. The van der Waals surface area contributed by atoms with Gasteiger partial charge in [0.1, 0.15) is 0 Å². The van der Waals surface area contributed by atoms with E-state index in [1.54, 1.807) is 13.8 Å². The van der Waals surface area contributed by atoms with Crippen LogP contribution in [0.3, 0.4) is 0 Å².